The SMILES string of the molecule is BC(c1ccccc1)c1ccccc1.C=CC(C)C[SiH2]C(c1ccccc1)(c1ccccc1)n1ccnc1. The second-order valence-corrected chi connectivity index (χ2v) is 12.0. The molecule has 5 aromatic rings. The summed E-state index contributed by atoms with van der Waals surface area (Å²) < 4.78 is 2.31. The van der Waals surface area contributed by atoms with Crippen LogP contribution < -0.4 is 0 Å². The molecule has 38 heavy (non-hydrogen) atoms. The van der Waals surface area contributed by atoms with Crippen molar-refractivity contribution in [1.82, 2.24) is 9.55 Å². The minimum atomic E-state index is -0.554. The Kier molecular flexibility index (Phi) is 9.72. The number of imidazole rings is 1. The van der Waals surface area contributed by atoms with Gasteiger partial charge in [0.15, 0.2) is 0 Å². The van der Waals surface area contributed by atoms with E-state index < -0.39 is 9.52 Å². The highest BCUT2D eigenvalue weighted by Gasteiger charge is 2.35. The lowest BCUT2D eigenvalue weighted by atomic mass is 9.76. The van der Waals surface area contributed by atoms with Gasteiger partial charge < -0.3 is 4.57 Å². The van der Waals surface area contributed by atoms with Crippen molar-refractivity contribution in [2.75, 3.05) is 0 Å². The minimum absolute atomic E-state index is 0.115. The monoisotopic (exact) mass is 512 g/mol. The highest BCUT2D eigenvalue weighted by molar-refractivity contribution is 6.41. The van der Waals surface area contributed by atoms with Gasteiger partial charge in [0.1, 0.15) is 7.85 Å². The Morgan fingerprint density at radius 2 is 1.24 bits per heavy atom. The molecule has 0 aliphatic carbocycles. The van der Waals surface area contributed by atoms with Gasteiger partial charge in [-0.05, 0) is 34.0 Å². The number of hydrogen-bond donors (Lipinski definition) is 0. The van der Waals surface area contributed by atoms with Crippen LogP contribution in [0.5, 0.6) is 0 Å². The van der Waals surface area contributed by atoms with E-state index in [1.165, 1.54) is 28.3 Å². The third-order valence-electron chi connectivity index (χ3n) is 7.41. The summed E-state index contributed by atoms with van der Waals surface area (Å²) in [4.78, 5) is 4.35. The van der Waals surface area contributed by atoms with Crippen LogP contribution in [0.25, 0.3) is 0 Å². The summed E-state index contributed by atoms with van der Waals surface area (Å²) in [6.07, 6.45) is 8.02. The topological polar surface area (TPSA) is 17.8 Å². The van der Waals surface area contributed by atoms with Crippen molar-refractivity contribution in [1.29, 1.82) is 0 Å². The molecule has 0 bridgehead atoms. The number of allylic oxidation sites excluding steroid dienone is 1. The summed E-state index contributed by atoms with van der Waals surface area (Å²) in [7, 11) is 1.69. The first-order chi connectivity index (χ1) is 18.6. The Bertz CT molecular complexity index is 1260. The van der Waals surface area contributed by atoms with Crippen LogP contribution in [0, 0.1) is 5.92 Å². The van der Waals surface area contributed by atoms with E-state index in [4.69, 9.17) is 0 Å². The quantitative estimate of drug-likeness (QED) is 0.164. The first-order valence-corrected chi connectivity index (χ1v) is 15.2. The van der Waals surface area contributed by atoms with Crippen LogP contribution in [0.2, 0.25) is 6.04 Å². The van der Waals surface area contributed by atoms with Crippen molar-refractivity contribution in [2.45, 2.75) is 23.9 Å². The van der Waals surface area contributed by atoms with Crippen LogP contribution in [-0.4, -0.2) is 26.9 Å². The average Bonchev–Trinajstić information content (AvgIpc) is 3.55. The standard InChI is InChI=1S/C21H24N2Si.C13H13B/c1-3-18(2)16-24-21(23-15-14-22-17-23,19-10-6-4-7-11-19)20-12-8-5-9-13-20;14-13(11-7-3-1-4-8-11)12-9-5-2-6-10-12/h3-15,17-18H,1,16,24H2,2H3;1-10,13H,14H2. The van der Waals surface area contributed by atoms with E-state index in [2.05, 4.69) is 165 Å². The van der Waals surface area contributed by atoms with E-state index in [1.54, 1.807) is 0 Å². The summed E-state index contributed by atoms with van der Waals surface area (Å²) in [6, 6.07) is 44.1. The molecule has 5 rings (SSSR count). The minimum Gasteiger partial charge on any atom is -0.327 e. The maximum Gasteiger partial charge on any atom is 0.116 e. The van der Waals surface area contributed by atoms with Crippen LogP contribution in [0.4, 0.5) is 0 Å². The molecule has 0 aliphatic rings. The van der Waals surface area contributed by atoms with Gasteiger partial charge in [0.05, 0.1) is 21.0 Å². The normalized spacial score (nSPS) is 12.2. The second-order valence-electron chi connectivity index (χ2n) is 9.86. The van der Waals surface area contributed by atoms with Gasteiger partial charge in [-0.1, -0.05) is 140 Å². The van der Waals surface area contributed by atoms with Crippen molar-refractivity contribution < 1.29 is 0 Å². The Hall–Kier alpha value is -3.89. The molecule has 4 heteroatoms. The Balaban J connectivity index is 0.000000204. The summed E-state index contributed by atoms with van der Waals surface area (Å²) in [6.45, 7) is 6.23. The Morgan fingerprint density at radius 3 is 1.63 bits per heavy atom. The molecule has 0 radical (unpaired) electrons. The van der Waals surface area contributed by atoms with Gasteiger partial charge in [-0.15, -0.1) is 6.58 Å². The lowest BCUT2D eigenvalue weighted by Crippen LogP contribution is -2.42. The van der Waals surface area contributed by atoms with Crippen LogP contribution in [0.1, 0.15) is 35.0 Å². The number of hydrogen-bond acceptors (Lipinski definition) is 1. The molecule has 0 fully saturated rings. The summed E-state index contributed by atoms with van der Waals surface area (Å²) >= 11 is 0. The van der Waals surface area contributed by atoms with Crippen molar-refractivity contribution in [3.05, 3.63) is 175 Å². The van der Waals surface area contributed by atoms with Crippen molar-refractivity contribution >= 4 is 17.4 Å². The molecular weight excluding hydrogens is 475 g/mol. The van der Waals surface area contributed by atoms with Crippen molar-refractivity contribution in [3.63, 3.8) is 0 Å². The zero-order valence-corrected chi connectivity index (χ0v) is 23.9. The van der Waals surface area contributed by atoms with E-state index in [9.17, 15) is 0 Å². The third kappa shape index (κ3) is 6.51. The Morgan fingerprint density at radius 1 is 0.789 bits per heavy atom. The zero-order chi connectivity index (χ0) is 26.6. The second kappa shape index (κ2) is 13.6. The largest absolute Gasteiger partial charge is 0.327 e. The van der Waals surface area contributed by atoms with Gasteiger partial charge in [-0.25, -0.2) is 4.98 Å². The molecule has 1 aromatic heterocycles. The molecule has 0 N–H and O–H groups in total. The molecule has 190 valence electrons. The van der Waals surface area contributed by atoms with Crippen molar-refractivity contribution in [3.8, 4) is 0 Å². The molecule has 0 spiro atoms. The molecule has 1 atom stereocenters. The lowest BCUT2D eigenvalue weighted by Gasteiger charge is -2.37. The predicted molar refractivity (Wildman–Crippen MR) is 167 cm³/mol. The molecule has 0 amide bonds. The van der Waals surface area contributed by atoms with E-state index >= 15 is 0 Å². The molecule has 0 saturated carbocycles. The van der Waals surface area contributed by atoms with E-state index in [0.29, 0.717) is 11.7 Å². The van der Waals surface area contributed by atoms with Gasteiger partial charge in [-0.3, -0.25) is 0 Å². The Labute approximate surface area is 231 Å². The molecule has 0 saturated heterocycles. The smallest absolute Gasteiger partial charge is 0.116 e. The molecule has 1 unspecified atom stereocenters. The first-order valence-electron chi connectivity index (χ1n) is 13.5. The summed E-state index contributed by atoms with van der Waals surface area (Å²) in [5.74, 6) is 1.02. The molecule has 1 heterocycles. The molecule has 0 aliphatic heterocycles. The van der Waals surface area contributed by atoms with Gasteiger partial charge in [0, 0.05) is 12.4 Å². The average molecular weight is 513 g/mol. The lowest BCUT2D eigenvalue weighted by molar-refractivity contribution is 0.585. The number of rotatable bonds is 9. The summed E-state index contributed by atoms with van der Waals surface area (Å²) in [5.41, 5.74) is 5.44. The highest BCUT2D eigenvalue weighted by atomic mass is 28.2. The maximum absolute atomic E-state index is 4.35. The fraction of sp³-hybridized carbons (Fsp3) is 0.147. The van der Waals surface area contributed by atoms with Gasteiger partial charge in [-0.2, -0.15) is 0 Å². The third-order valence-corrected chi connectivity index (χ3v) is 10.5. The van der Waals surface area contributed by atoms with E-state index in [0.717, 1.165) is 0 Å². The van der Waals surface area contributed by atoms with Gasteiger partial charge in [0.2, 0.25) is 0 Å². The summed E-state index contributed by atoms with van der Waals surface area (Å²) in [5, 5.41) is -0.115. The van der Waals surface area contributed by atoms with Gasteiger partial charge >= 0.3 is 0 Å². The zero-order valence-electron chi connectivity index (χ0n) is 22.5. The fourth-order valence-electron chi connectivity index (χ4n) is 5.03. The molecular formula is C34H37BN2Si. The van der Waals surface area contributed by atoms with Crippen LogP contribution in [0.15, 0.2) is 153 Å². The highest BCUT2D eigenvalue weighted by Crippen LogP contribution is 2.34. The number of nitrogens with zero attached hydrogens (tertiary/aromatic N) is 2. The fourth-order valence-corrected chi connectivity index (χ4v) is 7.63. The van der Waals surface area contributed by atoms with Crippen LogP contribution >= 0.6 is 0 Å². The van der Waals surface area contributed by atoms with Gasteiger partial charge in [0.25, 0.3) is 0 Å². The van der Waals surface area contributed by atoms with Crippen LogP contribution in [0.3, 0.4) is 0 Å². The molecule has 4 aromatic carbocycles. The number of benzene rings is 4. The van der Waals surface area contributed by atoms with Crippen LogP contribution in [-0.2, 0) is 5.16 Å². The predicted octanol–water partition coefficient (Wildman–Crippen LogP) is 6.45. The molecule has 2 nitrogen and oxygen atoms in total. The maximum atomic E-state index is 4.35. The van der Waals surface area contributed by atoms with E-state index in [1.807, 2.05) is 12.5 Å². The van der Waals surface area contributed by atoms with E-state index in [-0.39, 0.29) is 5.16 Å². The number of aromatic nitrogens is 2. The first kappa shape index (κ1) is 27.2. The van der Waals surface area contributed by atoms with Crippen molar-refractivity contribution in [2.24, 2.45) is 5.92 Å².